The average Bonchev–Trinajstić information content (AvgIpc) is 2.19. The van der Waals surface area contributed by atoms with Gasteiger partial charge < -0.3 is 5.32 Å². The molecule has 0 aliphatic heterocycles. The van der Waals surface area contributed by atoms with Gasteiger partial charge in [-0.15, -0.1) is 11.6 Å². The lowest BCUT2D eigenvalue weighted by Crippen LogP contribution is -2.33. The predicted octanol–water partition coefficient (Wildman–Crippen LogP) is 3.03. The van der Waals surface area contributed by atoms with Gasteiger partial charge in [-0.2, -0.15) is 0 Å². The molecule has 0 spiro atoms. The number of alkyl halides is 1. The van der Waals surface area contributed by atoms with Crippen molar-refractivity contribution < 1.29 is 4.79 Å². The maximum Gasteiger partial charge on any atom is 0.245 e. The summed E-state index contributed by atoms with van der Waals surface area (Å²) in [6.07, 6.45) is 0.604. The highest BCUT2D eigenvalue weighted by Crippen LogP contribution is 2.20. The number of carbonyl (C=O) groups is 1. The lowest BCUT2D eigenvalue weighted by atomic mass is 10.1. The number of hydrogen-bond acceptors (Lipinski definition) is 1. The molecular weight excluding hydrogens is 198 g/mol. The molecule has 0 saturated heterocycles. The van der Waals surface area contributed by atoms with Gasteiger partial charge in [0, 0.05) is 5.69 Å². The van der Waals surface area contributed by atoms with Crippen LogP contribution in [-0.4, -0.2) is 10.8 Å². The van der Waals surface area contributed by atoms with Gasteiger partial charge in [-0.25, -0.2) is 0 Å². The van der Waals surface area contributed by atoms with Crippen LogP contribution in [0.4, 0.5) is 5.69 Å². The number of nitrogens with one attached hydrogen (secondary N) is 1. The average molecular weight is 212 g/mol. The first kappa shape index (κ1) is 11.1. The highest BCUT2D eigenvalue weighted by Gasteiger charge is 2.27. The smallest absolute Gasteiger partial charge is 0.245 e. The minimum absolute atomic E-state index is 0.159. The maximum atomic E-state index is 11.6. The number of hydrogen-bond donors (Lipinski definition) is 1. The van der Waals surface area contributed by atoms with Gasteiger partial charge in [-0.3, -0.25) is 4.79 Å². The summed E-state index contributed by atoms with van der Waals surface area (Å²) in [5, 5.41) is 2.76. The molecule has 0 fully saturated rings. The Balaban J connectivity index is 2.67. The molecule has 1 atom stereocenters. The summed E-state index contributed by atoms with van der Waals surface area (Å²) >= 11 is 6.01. The number of anilines is 1. The van der Waals surface area contributed by atoms with Gasteiger partial charge in [0.25, 0.3) is 0 Å². The Labute approximate surface area is 89.3 Å². The third-order valence-electron chi connectivity index (χ3n) is 2.17. The second kappa shape index (κ2) is 4.47. The molecule has 1 unspecified atom stereocenters. The molecule has 0 heterocycles. The van der Waals surface area contributed by atoms with Gasteiger partial charge >= 0.3 is 0 Å². The summed E-state index contributed by atoms with van der Waals surface area (Å²) in [5.74, 6) is -0.159. The fraction of sp³-hybridized carbons (Fsp3) is 0.364. The lowest BCUT2D eigenvalue weighted by Gasteiger charge is -2.18. The molecule has 1 rings (SSSR count). The van der Waals surface area contributed by atoms with Gasteiger partial charge in [0.1, 0.15) is 4.87 Å². The van der Waals surface area contributed by atoms with Gasteiger partial charge in [0.15, 0.2) is 0 Å². The fourth-order valence-electron chi connectivity index (χ4n) is 0.943. The summed E-state index contributed by atoms with van der Waals surface area (Å²) < 4.78 is 0. The number of amides is 1. The highest BCUT2D eigenvalue weighted by molar-refractivity contribution is 6.36. The van der Waals surface area contributed by atoms with Crippen LogP contribution in [0.5, 0.6) is 0 Å². The summed E-state index contributed by atoms with van der Waals surface area (Å²) in [4.78, 5) is 10.8. The zero-order chi connectivity index (χ0) is 10.6. The monoisotopic (exact) mass is 211 g/mol. The van der Waals surface area contributed by atoms with Crippen LogP contribution >= 0.6 is 11.6 Å². The van der Waals surface area contributed by atoms with Gasteiger partial charge in [0.2, 0.25) is 5.91 Å². The molecule has 76 valence electrons. The number of halogens is 1. The van der Waals surface area contributed by atoms with E-state index in [1.807, 2.05) is 37.3 Å². The molecule has 14 heavy (non-hydrogen) atoms. The first-order chi connectivity index (χ1) is 6.56. The van der Waals surface area contributed by atoms with Crippen molar-refractivity contribution in [1.29, 1.82) is 0 Å². The van der Waals surface area contributed by atoms with Gasteiger partial charge in [-0.1, -0.05) is 25.1 Å². The van der Waals surface area contributed by atoms with Crippen molar-refractivity contribution in [2.75, 3.05) is 5.32 Å². The minimum atomic E-state index is -0.824. The zero-order valence-corrected chi connectivity index (χ0v) is 9.14. The summed E-state index contributed by atoms with van der Waals surface area (Å²) in [7, 11) is 0. The number of para-hydroxylation sites is 1. The zero-order valence-electron chi connectivity index (χ0n) is 8.38. The lowest BCUT2D eigenvalue weighted by molar-refractivity contribution is -0.118. The van der Waals surface area contributed by atoms with E-state index in [4.69, 9.17) is 11.6 Å². The molecular formula is C11H14ClNO. The van der Waals surface area contributed by atoms with E-state index in [9.17, 15) is 4.79 Å². The quantitative estimate of drug-likeness (QED) is 0.766. The Bertz CT molecular complexity index is 308. The Morgan fingerprint density at radius 2 is 2.00 bits per heavy atom. The first-order valence-electron chi connectivity index (χ1n) is 4.61. The van der Waals surface area contributed by atoms with Crippen molar-refractivity contribution in [3.63, 3.8) is 0 Å². The second-order valence-electron chi connectivity index (χ2n) is 3.37. The Kier molecular flexibility index (Phi) is 3.53. The Morgan fingerprint density at radius 3 is 2.50 bits per heavy atom. The Hall–Kier alpha value is -1.02. The van der Waals surface area contributed by atoms with Crippen LogP contribution in [0.2, 0.25) is 0 Å². The molecule has 0 saturated carbocycles. The van der Waals surface area contributed by atoms with E-state index < -0.39 is 4.87 Å². The van der Waals surface area contributed by atoms with Gasteiger partial charge in [-0.05, 0) is 25.5 Å². The Morgan fingerprint density at radius 1 is 1.43 bits per heavy atom. The van der Waals surface area contributed by atoms with E-state index in [0.717, 1.165) is 5.69 Å². The van der Waals surface area contributed by atoms with Crippen molar-refractivity contribution in [1.82, 2.24) is 0 Å². The third-order valence-corrected chi connectivity index (χ3v) is 2.61. The van der Waals surface area contributed by atoms with Crippen molar-refractivity contribution in [3.8, 4) is 0 Å². The summed E-state index contributed by atoms with van der Waals surface area (Å²) in [6, 6.07) is 9.30. The van der Waals surface area contributed by atoms with E-state index in [2.05, 4.69) is 5.32 Å². The van der Waals surface area contributed by atoms with E-state index in [1.165, 1.54) is 0 Å². The number of benzene rings is 1. The topological polar surface area (TPSA) is 29.1 Å². The molecule has 0 aromatic heterocycles. The fourth-order valence-corrected chi connectivity index (χ4v) is 0.991. The molecule has 1 aromatic carbocycles. The van der Waals surface area contributed by atoms with Crippen molar-refractivity contribution in [3.05, 3.63) is 30.3 Å². The van der Waals surface area contributed by atoms with Crippen molar-refractivity contribution in [2.24, 2.45) is 0 Å². The minimum Gasteiger partial charge on any atom is -0.325 e. The van der Waals surface area contributed by atoms with Crippen LogP contribution in [-0.2, 0) is 4.79 Å². The van der Waals surface area contributed by atoms with E-state index >= 15 is 0 Å². The molecule has 1 amide bonds. The summed E-state index contributed by atoms with van der Waals surface area (Å²) in [5.41, 5.74) is 0.776. The third kappa shape index (κ3) is 2.74. The predicted molar refractivity (Wildman–Crippen MR) is 59.6 cm³/mol. The van der Waals surface area contributed by atoms with E-state index in [-0.39, 0.29) is 5.91 Å². The molecule has 2 nitrogen and oxygen atoms in total. The van der Waals surface area contributed by atoms with Crippen molar-refractivity contribution in [2.45, 2.75) is 25.1 Å². The van der Waals surface area contributed by atoms with E-state index in [1.54, 1.807) is 6.92 Å². The van der Waals surface area contributed by atoms with E-state index in [0.29, 0.717) is 6.42 Å². The number of carbonyl (C=O) groups excluding carboxylic acids is 1. The van der Waals surface area contributed by atoms with Crippen LogP contribution in [0, 0.1) is 0 Å². The SMILES string of the molecule is CCC(C)(Cl)C(=O)Nc1ccccc1. The molecule has 0 radical (unpaired) electrons. The maximum absolute atomic E-state index is 11.6. The largest absolute Gasteiger partial charge is 0.325 e. The number of rotatable bonds is 3. The normalized spacial score (nSPS) is 14.5. The van der Waals surface area contributed by atoms with Gasteiger partial charge in [0.05, 0.1) is 0 Å². The van der Waals surface area contributed by atoms with Crippen LogP contribution in [0.1, 0.15) is 20.3 Å². The molecule has 0 bridgehead atoms. The van der Waals surface area contributed by atoms with Crippen LogP contribution in [0.3, 0.4) is 0 Å². The highest BCUT2D eigenvalue weighted by atomic mass is 35.5. The standard InChI is InChI=1S/C11H14ClNO/c1-3-11(2,12)10(14)13-9-7-5-4-6-8-9/h4-8H,3H2,1-2H3,(H,13,14). The van der Waals surface area contributed by atoms with Crippen LogP contribution in [0.25, 0.3) is 0 Å². The van der Waals surface area contributed by atoms with Crippen molar-refractivity contribution >= 4 is 23.2 Å². The molecule has 0 aliphatic carbocycles. The molecule has 3 heteroatoms. The van der Waals surface area contributed by atoms with Crippen LogP contribution < -0.4 is 5.32 Å². The summed E-state index contributed by atoms with van der Waals surface area (Å²) in [6.45, 7) is 3.60. The second-order valence-corrected chi connectivity index (χ2v) is 4.21. The molecule has 0 aliphatic rings. The van der Waals surface area contributed by atoms with Crippen LogP contribution in [0.15, 0.2) is 30.3 Å². The first-order valence-corrected chi connectivity index (χ1v) is 4.99. The molecule has 1 aromatic rings. The molecule has 1 N–H and O–H groups in total.